The zero-order valence-electron chi connectivity index (χ0n) is 10.1. The first kappa shape index (κ1) is 11.5. The molecule has 3 rings (SSSR count). The third kappa shape index (κ3) is 1.95. The average Bonchev–Trinajstić information content (AvgIpc) is 2.95. The molecular formula is C13H14N2O2S. The van der Waals surface area contributed by atoms with Gasteiger partial charge in [0, 0.05) is 6.42 Å². The summed E-state index contributed by atoms with van der Waals surface area (Å²) in [7, 11) is 0. The Bertz CT molecular complexity index is 580. The van der Waals surface area contributed by atoms with Gasteiger partial charge in [0.2, 0.25) is 6.79 Å². The molecule has 0 saturated carbocycles. The topological polar surface area (TPSA) is 57.4 Å². The number of fused-ring (bicyclic) bond motifs is 1. The van der Waals surface area contributed by atoms with Crippen LogP contribution in [0.2, 0.25) is 0 Å². The van der Waals surface area contributed by atoms with Gasteiger partial charge < -0.3 is 15.2 Å². The second-order valence-electron chi connectivity index (χ2n) is 4.12. The highest BCUT2D eigenvalue weighted by Crippen LogP contribution is 2.38. The molecule has 4 nitrogen and oxygen atoms in total. The molecule has 0 spiro atoms. The summed E-state index contributed by atoms with van der Waals surface area (Å²) in [6.45, 7) is 2.93. The maximum atomic E-state index is 5.63. The molecule has 94 valence electrons. The van der Waals surface area contributed by atoms with Gasteiger partial charge in [0.25, 0.3) is 0 Å². The third-order valence-electron chi connectivity index (χ3n) is 2.82. The molecule has 1 aliphatic rings. The number of benzene rings is 1. The van der Waals surface area contributed by atoms with E-state index < -0.39 is 0 Å². The number of aryl methyl sites for hydroxylation is 1. The molecule has 0 aliphatic carbocycles. The van der Waals surface area contributed by atoms with E-state index in [1.54, 1.807) is 11.3 Å². The van der Waals surface area contributed by atoms with E-state index in [4.69, 9.17) is 15.2 Å². The van der Waals surface area contributed by atoms with E-state index in [2.05, 4.69) is 4.98 Å². The Kier molecular flexibility index (Phi) is 2.93. The van der Waals surface area contributed by atoms with Crippen molar-refractivity contribution in [1.82, 2.24) is 4.98 Å². The molecule has 0 unspecified atom stereocenters. The SMILES string of the molecule is Cc1nc(CCN)c(-c2ccc3c(c2)OCO3)s1. The van der Waals surface area contributed by atoms with Crippen LogP contribution in [-0.2, 0) is 6.42 Å². The first-order chi connectivity index (χ1) is 8.78. The van der Waals surface area contributed by atoms with Crippen LogP contribution in [0.1, 0.15) is 10.7 Å². The lowest BCUT2D eigenvalue weighted by Crippen LogP contribution is -2.03. The maximum absolute atomic E-state index is 5.63. The number of hydrogen-bond acceptors (Lipinski definition) is 5. The fourth-order valence-electron chi connectivity index (χ4n) is 2.04. The monoisotopic (exact) mass is 262 g/mol. The van der Waals surface area contributed by atoms with Crippen molar-refractivity contribution < 1.29 is 9.47 Å². The Morgan fingerprint density at radius 2 is 2.17 bits per heavy atom. The van der Waals surface area contributed by atoms with Gasteiger partial charge in [-0.25, -0.2) is 4.98 Å². The first-order valence-corrected chi connectivity index (χ1v) is 6.66. The predicted molar refractivity (Wildman–Crippen MR) is 71.2 cm³/mol. The van der Waals surface area contributed by atoms with Crippen LogP contribution < -0.4 is 15.2 Å². The van der Waals surface area contributed by atoms with Crippen molar-refractivity contribution >= 4 is 11.3 Å². The van der Waals surface area contributed by atoms with Crippen molar-refractivity contribution in [1.29, 1.82) is 0 Å². The summed E-state index contributed by atoms with van der Waals surface area (Å²) in [5, 5.41) is 1.06. The molecule has 2 N–H and O–H groups in total. The van der Waals surface area contributed by atoms with E-state index in [-0.39, 0.29) is 0 Å². The van der Waals surface area contributed by atoms with Gasteiger partial charge in [-0.3, -0.25) is 0 Å². The van der Waals surface area contributed by atoms with E-state index in [0.29, 0.717) is 13.3 Å². The highest BCUT2D eigenvalue weighted by atomic mass is 32.1. The van der Waals surface area contributed by atoms with Gasteiger partial charge in [-0.05, 0) is 37.2 Å². The second kappa shape index (κ2) is 4.59. The molecule has 1 aliphatic heterocycles. The lowest BCUT2D eigenvalue weighted by Gasteiger charge is -2.03. The number of rotatable bonds is 3. The molecule has 5 heteroatoms. The number of thiazole rings is 1. The largest absolute Gasteiger partial charge is 0.454 e. The molecule has 0 saturated heterocycles. The fraction of sp³-hybridized carbons (Fsp3) is 0.308. The van der Waals surface area contributed by atoms with E-state index in [9.17, 15) is 0 Å². The van der Waals surface area contributed by atoms with E-state index in [1.165, 1.54) is 4.88 Å². The van der Waals surface area contributed by atoms with Crippen LogP contribution in [-0.4, -0.2) is 18.3 Å². The van der Waals surface area contributed by atoms with Gasteiger partial charge in [-0.2, -0.15) is 0 Å². The van der Waals surface area contributed by atoms with Crippen molar-refractivity contribution in [3.63, 3.8) is 0 Å². The second-order valence-corrected chi connectivity index (χ2v) is 5.32. The molecule has 0 amide bonds. The minimum atomic E-state index is 0.302. The number of nitrogens with zero attached hydrogens (tertiary/aromatic N) is 1. The molecule has 0 bridgehead atoms. The molecule has 2 aromatic rings. The van der Waals surface area contributed by atoms with Gasteiger partial charge in [0.15, 0.2) is 11.5 Å². The quantitative estimate of drug-likeness (QED) is 0.922. The Hall–Kier alpha value is -1.59. The highest BCUT2D eigenvalue weighted by molar-refractivity contribution is 7.15. The summed E-state index contributed by atoms with van der Waals surface area (Å²) < 4.78 is 10.7. The Labute approximate surface area is 109 Å². The molecule has 1 aromatic heterocycles. The minimum Gasteiger partial charge on any atom is -0.454 e. The Morgan fingerprint density at radius 1 is 1.33 bits per heavy atom. The van der Waals surface area contributed by atoms with Crippen LogP contribution in [0.25, 0.3) is 10.4 Å². The molecule has 2 heterocycles. The van der Waals surface area contributed by atoms with Crippen molar-refractivity contribution in [2.45, 2.75) is 13.3 Å². The predicted octanol–water partition coefficient (Wildman–Crippen LogP) is 2.35. The molecular weight excluding hydrogens is 248 g/mol. The van der Waals surface area contributed by atoms with Crippen molar-refractivity contribution in [2.75, 3.05) is 13.3 Å². The lowest BCUT2D eigenvalue weighted by molar-refractivity contribution is 0.174. The van der Waals surface area contributed by atoms with Gasteiger partial charge in [-0.15, -0.1) is 11.3 Å². The summed E-state index contributed by atoms with van der Waals surface area (Å²) in [4.78, 5) is 5.71. The molecule has 0 radical (unpaired) electrons. The van der Waals surface area contributed by atoms with Crippen LogP contribution in [0, 0.1) is 6.92 Å². The minimum absolute atomic E-state index is 0.302. The molecule has 0 fully saturated rings. The summed E-state index contributed by atoms with van der Waals surface area (Å²) >= 11 is 1.69. The van der Waals surface area contributed by atoms with Crippen molar-refractivity contribution in [3.8, 4) is 21.9 Å². The van der Waals surface area contributed by atoms with E-state index >= 15 is 0 Å². The number of nitrogens with two attached hydrogens (primary N) is 1. The third-order valence-corrected chi connectivity index (χ3v) is 3.88. The maximum Gasteiger partial charge on any atom is 0.231 e. The summed E-state index contributed by atoms with van der Waals surface area (Å²) in [6, 6.07) is 5.99. The Balaban J connectivity index is 2.03. The molecule has 1 aromatic carbocycles. The van der Waals surface area contributed by atoms with Gasteiger partial charge in [-0.1, -0.05) is 0 Å². The number of hydrogen-bond donors (Lipinski definition) is 1. The zero-order chi connectivity index (χ0) is 12.5. The smallest absolute Gasteiger partial charge is 0.231 e. The van der Waals surface area contributed by atoms with Gasteiger partial charge in [0.05, 0.1) is 15.6 Å². The van der Waals surface area contributed by atoms with Crippen molar-refractivity contribution in [2.24, 2.45) is 5.73 Å². The van der Waals surface area contributed by atoms with Crippen LogP contribution in [0.5, 0.6) is 11.5 Å². The first-order valence-electron chi connectivity index (χ1n) is 5.84. The van der Waals surface area contributed by atoms with Gasteiger partial charge in [0.1, 0.15) is 0 Å². The van der Waals surface area contributed by atoms with E-state index in [1.807, 2.05) is 25.1 Å². The van der Waals surface area contributed by atoms with Gasteiger partial charge >= 0.3 is 0 Å². The number of ether oxygens (including phenoxy) is 2. The number of aromatic nitrogens is 1. The van der Waals surface area contributed by atoms with Crippen LogP contribution in [0.4, 0.5) is 0 Å². The fourth-order valence-corrected chi connectivity index (χ4v) is 3.00. The standard InChI is InChI=1S/C13H14N2O2S/c1-8-15-10(4-5-14)13(18-8)9-2-3-11-12(6-9)17-7-16-11/h2-3,6H,4-5,7,14H2,1H3. The van der Waals surface area contributed by atoms with Crippen LogP contribution in [0.15, 0.2) is 18.2 Å². The summed E-state index contributed by atoms with van der Waals surface area (Å²) in [6.07, 6.45) is 0.800. The Morgan fingerprint density at radius 3 is 3.00 bits per heavy atom. The zero-order valence-corrected chi connectivity index (χ0v) is 10.9. The summed E-state index contributed by atoms with van der Waals surface area (Å²) in [5.41, 5.74) is 7.81. The summed E-state index contributed by atoms with van der Waals surface area (Å²) in [5.74, 6) is 1.61. The van der Waals surface area contributed by atoms with Crippen molar-refractivity contribution in [3.05, 3.63) is 28.9 Å². The van der Waals surface area contributed by atoms with Crippen LogP contribution >= 0.6 is 11.3 Å². The average molecular weight is 262 g/mol. The molecule has 0 atom stereocenters. The molecule has 18 heavy (non-hydrogen) atoms. The highest BCUT2D eigenvalue weighted by Gasteiger charge is 2.17. The normalized spacial score (nSPS) is 13.0. The van der Waals surface area contributed by atoms with E-state index in [0.717, 1.165) is 34.2 Å². The lowest BCUT2D eigenvalue weighted by atomic mass is 10.1. The van der Waals surface area contributed by atoms with Crippen LogP contribution in [0.3, 0.4) is 0 Å².